The highest BCUT2D eigenvalue weighted by molar-refractivity contribution is 5.59. The van der Waals surface area contributed by atoms with E-state index in [-0.39, 0.29) is 11.6 Å². The molecule has 5 heteroatoms. The summed E-state index contributed by atoms with van der Waals surface area (Å²) in [5, 5.41) is 17.2. The molecular weight excluding hydrogens is 245 g/mol. The van der Waals surface area contributed by atoms with Gasteiger partial charge in [-0.1, -0.05) is 11.3 Å². The summed E-state index contributed by atoms with van der Waals surface area (Å²) in [6.07, 6.45) is 1.71. The van der Waals surface area contributed by atoms with Crippen molar-refractivity contribution in [1.29, 1.82) is 0 Å². The van der Waals surface area contributed by atoms with Crippen LogP contribution in [0.3, 0.4) is 0 Å². The molecule has 0 atom stereocenters. The van der Waals surface area contributed by atoms with Gasteiger partial charge in [0.1, 0.15) is 17.3 Å². The minimum atomic E-state index is -0.320. The molecule has 0 saturated carbocycles. The Morgan fingerprint density at radius 1 is 1.05 bits per heavy atom. The van der Waals surface area contributed by atoms with Gasteiger partial charge in [0.2, 0.25) is 0 Å². The van der Waals surface area contributed by atoms with E-state index in [1.807, 2.05) is 0 Å². The summed E-state index contributed by atoms with van der Waals surface area (Å²) < 4.78 is 14.6. The fourth-order valence-corrected chi connectivity index (χ4v) is 1.77. The van der Waals surface area contributed by atoms with E-state index in [4.69, 9.17) is 0 Å². The standard InChI is InChI=1S/C14H10FN3O/c15-11-2-1-3-12(8-11)18-9-14(16-17-18)10-4-6-13(19)7-5-10/h1-9,19H. The first kappa shape index (κ1) is 11.4. The van der Waals surface area contributed by atoms with Crippen molar-refractivity contribution in [2.45, 2.75) is 0 Å². The van der Waals surface area contributed by atoms with Crippen molar-refractivity contribution in [3.05, 3.63) is 60.5 Å². The molecule has 0 radical (unpaired) electrons. The molecule has 0 aliphatic heterocycles. The van der Waals surface area contributed by atoms with Gasteiger partial charge in [0.25, 0.3) is 0 Å². The fraction of sp³-hybridized carbons (Fsp3) is 0. The Morgan fingerprint density at radius 2 is 1.84 bits per heavy atom. The van der Waals surface area contributed by atoms with Crippen molar-refractivity contribution in [2.24, 2.45) is 0 Å². The number of hydrogen-bond donors (Lipinski definition) is 1. The van der Waals surface area contributed by atoms with Gasteiger partial charge in [-0.25, -0.2) is 9.07 Å². The predicted molar refractivity (Wildman–Crippen MR) is 68.4 cm³/mol. The highest BCUT2D eigenvalue weighted by atomic mass is 19.1. The molecule has 0 saturated heterocycles. The number of aromatic nitrogens is 3. The van der Waals surface area contributed by atoms with E-state index in [1.165, 1.54) is 16.8 Å². The molecule has 0 bridgehead atoms. The summed E-state index contributed by atoms with van der Waals surface area (Å²) in [6, 6.07) is 12.8. The third kappa shape index (κ3) is 2.30. The van der Waals surface area contributed by atoms with Crippen LogP contribution in [0.4, 0.5) is 4.39 Å². The zero-order valence-corrected chi connectivity index (χ0v) is 9.86. The largest absolute Gasteiger partial charge is 0.508 e. The SMILES string of the molecule is Oc1ccc(-c2cn(-c3cccc(F)c3)nn2)cc1. The van der Waals surface area contributed by atoms with Crippen LogP contribution in [0.15, 0.2) is 54.7 Å². The zero-order chi connectivity index (χ0) is 13.2. The van der Waals surface area contributed by atoms with Gasteiger partial charge in [0.05, 0.1) is 11.9 Å². The Balaban J connectivity index is 1.97. The van der Waals surface area contributed by atoms with Gasteiger partial charge in [-0.15, -0.1) is 5.10 Å². The number of benzene rings is 2. The van der Waals surface area contributed by atoms with Crippen LogP contribution in [0.1, 0.15) is 0 Å². The maximum absolute atomic E-state index is 13.1. The Morgan fingerprint density at radius 3 is 2.58 bits per heavy atom. The van der Waals surface area contributed by atoms with E-state index in [9.17, 15) is 9.50 Å². The molecule has 0 aliphatic carbocycles. The third-order valence-corrected chi connectivity index (χ3v) is 2.73. The van der Waals surface area contributed by atoms with E-state index in [1.54, 1.807) is 42.6 Å². The summed E-state index contributed by atoms with van der Waals surface area (Å²) in [6.45, 7) is 0. The Hall–Kier alpha value is -2.69. The topological polar surface area (TPSA) is 50.9 Å². The van der Waals surface area contributed by atoms with Crippen LogP contribution >= 0.6 is 0 Å². The van der Waals surface area contributed by atoms with Crippen molar-refractivity contribution >= 4 is 0 Å². The van der Waals surface area contributed by atoms with Crippen molar-refractivity contribution in [2.75, 3.05) is 0 Å². The van der Waals surface area contributed by atoms with Crippen LogP contribution in [-0.2, 0) is 0 Å². The minimum Gasteiger partial charge on any atom is -0.508 e. The summed E-state index contributed by atoms with van der Waals surface area (Å²) in [7, 11) is 0. The molecule has 1 aromatic heterocycles. The van der Waals surface area contributed by atoms with Crippen molar-refractivity contribution in [3.63, 3.8) is 0 Å². The summed E-state index contributed by atoms with van der Waals surface area (Å²) in [5.41, 5.74) is 2.10. The van der Waals surface area contributed by atoms with E-state index in [0.29, 0.717) is 11.4 Å². The second-order valence-corrected chi connectivity index (χ2v) is 4.08. The molecular formula is C14H10FN3O. The molecule has 2 aromatic carbocycles. The molecule has 3 rings (SSSR count). The Kier molecular flexibility index (Phi) is 2.72. The molecule has 0 fully saturated rings. The van der Waals surface area contributed by atoms with Crippen molar-refractivity contribution in [1.82, 2.24) is 15.0 Å². The zero-order valence-electron chi connectivity index (χ0n) is 9.86. The summed E-state index contributed by atoms with van der Waals surface area (Å²) in [4.78, 5) is 0. The lowest BCUT2D eigenvalue weighted by atomic mass is 10.2. The average Bonchev–Trinajstić information content (AvgIpc) is 2.89. The van der Waals surface area contributed by atoms with E-state index < -0.39 is 0 Å². The molecule has 0 unspecified atom stereocenters. The van der Waals surface area contributed by atoms with E-state index >= 15 is 0 Å². The molecule has 3 aromatic rings. The van der Waals surface area contributed by atoms with Gasteiger partial charge in [-0.2, -0.15) is 0 Å². The highest BCUT2D eigenvalue weighted by Crippen LogP contribution is 2.20. The predicted octanol–water partition coefficient (Wildman–Crippen LogP) is 2.78. The smallest absolute Gasteiger partial charge is 0.125 e. The molecule has 1 N–H and O–H groups in total. The van der Waals surface area contributed by atoms with Gasteiger partial charge in [0, 0.05) is 5.56 Å². The number of rotatable bonds is 2. The Labute approximate surface area is 108 Å². The number of aromatic hydroxyl groups is 1. The first-order valence-electron chi connectivity index (χ1n) is 5.70. The van der Waals surface area contributed by atoms with E-state index in [0.717, 1.165) is 5.56 Å². The van der Waals surface area contributed by atoms with E-state index in [2.05, 4.69) is 10.3 Å². The van der Waals surface area contributed by atoms with Crippen LogP contribution in [0.5, 0.6) is 5.75 Å². The number of nitrogens with zero attached hydrogens (tertiary/aromatic N) is 3. The minimum absolute atomic E-state index is 0.196. The molecule has 94 valence electrons. The molecule has 0 amide bonds. The van der Waals surface area contributed by atoms with Crippen molar-refractivity contribution < 1.29 is 9.50 Å². The number of phenolic OH excluding ortho intramolecular Hbond substituents is 1. The highest BCUT2D eigenvalue weighted by Gasteiger charge is 2.05. The van der Waals surface area contributed by atoms with Crippen LogP contribution < -0.4 is 0 Å². The third-order valence-electron chi connectivity index (χ3n) is 2.73. The van der Waals surface area contributed by atoms with Crippen LogP contribution in [-0.4, -0.2) is 20.1 Å². The van der Waals surface area contributed by atoms with Gasteiger partial charge in [-0.05, 0) is 42.5 Å². The Bertz CT molecular complexity index is 707. The first-order chi connectivity index (χ1) is 9.22. The van der Waals surface area contributed by atoms with Crippen LogP contribution in [0.2, 0.25) is 0 Å². The van der Waals surface area contributed by atoms with Gasteiger partial charge in [0.15, 0.2) is 0 Å². The monoisotopic (exact) mass is 255 g/mol. The lowest BCUT2D eigenvalue weighted by Crippen LogP contribution is -1.94. The molecule has 4 nitrogen and oxygen atoms in total. The lowest BCUT2D eigenvalue weighted by molar-refractivity contribution is 0.475. The second-order valence-electron chi connectivity index (χ2n) is 4.08. The number of halogens is 1. The van der Waals surface area contributed by atoms with Crippen LogP contribution in [0.25, 0.3) is 16.9 Å². The number of phenols is 1. The maximum Gasteiger partial charge on any atom is 0.125 e. The van der Waals surface area contributed by atoms with Crippen LogP contribution in [0, 0.1) is 5.82 Å². The quantitative estimate of drug-likeness (QED) is 0.766. The molecule has 0 aliphatic rings. The number of hydrogen-bond acceptors (Lipinski definition) is 3. The van der Waals surface area contributed by atoms with Gasteiger partial charge >= 0.3 is 0 Å². The average molecular weight is 255 g/mol. The maximum atomic E-state index is 13.1. The summed E-state index contributed by atoms with van der Waals surface area (Å²) >= 11 is 0. The fourth-order valence-electron chi connectivity index (χ4n) is 1.77. The summed E-state index contributed by atoms with van der Waals surface area (Å²) in [5.74, 6) is -0.125. The normalized spacial score (nSPS) is 10.6. The van der Waals surface area contributed by atoms with Gasteiger partial charge in [-0.3, -0.25) is 0 Å². The molecule has 19 heavy (non-hydrogen) atoms. The molecule has 1 heterocycles. The second kappa shape index (κ2) is 4.53. The first-order valence-corrected chi connectivity index (χ1v) is 5.70. The lowest BCUT2D eigenvalue weighted by Gasteiger charge is -1.99. The van der Waals surface area contributed by atoms with Gasteiger partial charge < -0.3 is 5.11 Å². The van der Waals surface area contributed by atoms with Crippen molar-refractivity contribution in [3.8, 4) is 22.7 Å². The molecule has 0 spiro atoms.